The van der Waals surface area contributed by atoms with E-state index in [4.69, 9.17) is 11.6 Å². The first-order valence-corrected chi connectivity index (χ1v) is 3.29. The van der Waals surface area contributed by atoms with E-state index in [-0.39, 0.29) is 5.92 Å². The van der Waals surface area contributed by atoms with E-state index in [1.165, 1.54) is 0 Å². The second-order valence-corrected chi connectivity index (χ2v) is 2.48. The highest BCUT2D eigenvalue weighted by Gasteiger charge is 2.30. The van der Waals surface area contributed by atoms with Gasteiger partial charge >= 0.3 is 5.97 Å². The van der Waals surface area contributed by atoms with Crippen molar-refractivity contribution in [2.75, 3.05) is 0 Å². The lowest BCUT2D eigenvalue weighted by molar-refractivity contribution is -0.139. The van der Waals surface area contributed by atoms with E-state index >= 15 is 0 Å². The lowest BCUT2D eigenvalue weighted by Crippen LogP contribution is -2.00. The molecule has 0 N–H and O–H groups in total. The van der Waals surface area contributed by atoms with Crippen LogP contribution in [0.4, 0.5) is 4.39 Å². The van der Waals surface area contributed by atoms with Gasteiger partial charge in [-0.3, -0.25) is 4.79 Å². The fourth-order valence-electron chi connectivity index (χ4n) is 0.518. The molecule has 0 radical (unpaired) electrons. The maximum absolute atomic E-state index is 11.7. The quantitative estimate of drug-likeness (QED) is 0.461. The Balaban J connectivity index is 2.24. The van der Waals surface area contributed by atoms with Gasteiger partial charge in [0.1, 0.15) is 6.26 Å². The standard InChI is InChI=1S/C6H6ClFO2/c7-5(8)3-10-6(9)4-1-2-4/h3-4H,1-2H2. The number of ether oxygens (including phenoxy) is 1. The molecule has 0 atom stereocenters. The van der Waals surface area contributed by atoms with Gasteiger partial charge in [-0.15, -0.1) is 0 Å². The summed E-state index contributed by atoms with van der Waals surface area (Å²) in [6.45, 7) is 0. The minimum Gasteiger partial charge on any atom is -0.430 e. The van der Waals surface area contributed by atoms with Crippen molar-refractivity contribution in [2.45, 2.75) is 12.8 Å². The molecule has 0 bridgehead atoms. The summed E-state index contributed by atoms with van der Waals surface area (Å²) >= 11 is 4.76. The van der Waals surface area contributed by atoms with E-state index in [0.29, 0.717) is 6.26 Å². The summed E-state index contributed by atoms with van der Waals surface area (Å²) in [6, 6.07) is 0. The zero-order valence-electron chi connectivity index (χ0n) is 5.14. The fourth-order valence-corrected chi connectivity index (χ4v) is 0.562. The molecule has 0 aromatic heterocycles. The predicted octanol–water partition coefficient (Wildman–Crippen LogP) is 1.95. The van der Waals surface area contributed by atoms with Gasteiger partial charge in [-0.25, -0.2) is 0 Å². The molecular formula is C6H6ClFO2. The van der Waals surface area contributed by atoms with Gasteiger partial charge in [0.15, 0.2) is 0 Å². The summed E-state index contributed by atoms with van der Waals surface area (Å²) in [7, 11) is 0. The molecule has 0 aromatic carbocycles. The van der Waals surface area contributed by atoms with Crippen LogP contribution in [-0.2, 0) is 9.53 Å². The first kappa shape index (κ1) is 7.54. The Morgan fingerprint density at radius 2 is 2.30 bits per heavy atom. The fraction of sp³-hybridized carbons (Fsp3) is 0.500. The van der Waals surface area contributed by atoms with Gasteiger partial charge in [0.2, 0.25) is 5.29 Å². The monoisotopic (exact) mass is 164 g/mol. The molecule has 0 unspecified atom stereocenters. The van der Waals surface area contributed by atoms with Crippen LogP contribution in [0.2, 0.25) is 0 Å². The van der Waals surface area contributed by atoms with Crippen molar-refractivity contribution in [3.8, 4) is 0 Å². The molecule has 1 aliphatic carbocycles. The summed E-state index contributed by atoms with van der Waals surface area (Å²) in [5.41, 5.74) is 0. The molecule has 1 saturated carbocycles. The van der Waals surface area contributed by atoms with Crippen LogP contribution >= 0.6 is 11.6 Å². The zero-order chi connectivity index (χ0) is 7.56. The Hall–Kier alpha value is -0.570. The Bertz CT molecular complexity index is 171. The van der Waals surface area contributed by atoms with Crippen LogP contribution in [0.3, 0.4) is 0 Å². The average molecular weight is 165 g/mol. The van der Waals surface area contributed by atoms with Gasteiger partial charge in [-0.1, -0.05) is 0 Å². The number of hydrogen-bond donors (Lipinski definition) is 0. The summed E-state index contributed by atoms with van der Waals surface area (Å²) < 4.78 is 16.0. The summed E-state index contributed by atoms with van der Waals surface area (Å²) in [5.74, 6) is -0.414. The van der Waals surface area contributed by atoms with Crippen LogP contribution in [0.25, 0.3) is 0 Å². The number of hydrogen-bond acceptors (Lipinski definition) is 2. The van der Waals surface area contributed by atoms with Gasteiger partial charge in [0.25, 0.3) is 0 Å². The largest absolute Gasteiger partial charge is 0.430 e. The molecule has 0 saturated heterocycles. The van der Waals surface area contributed by atoms with Crippen LogP contribution in [0.5, 0.6) is 0 Å². The van der Waals surface area contributed by atoms with Crippen molar-refractivity contribution in [3.05, 3.63) is 11.5 Å². The highest BCUT2D eigenvalue weighted by Crippen LogP contribution is 2.30. The molecule has 4 heteroatoms. The molecule has 0 heterocycles. The number of carbonyl (C=O) groups is 1. The molecule has 0 amide bonds. The van der Waals surface area contributed by atoms with Crippen molar-refractivity contribution >= 4 is 17.6 Å². The third-order valence-corrected chi connectivity index (χ3v) is 1.26. The molecule has 1 fully saturated rings. The first-order chi connectivity index (χ1) is 4.70. The Morgan fingerprint density at radius 3 is 2.70 bits per heavy atom. The van der Waals surface area contributed by atoms with E-state index < -0.39 is 11.3 Å². The van der Waals surface area contributed by atoms with Crippen LogP contribution in [0, 0.1) is 5.92 Å². The highest BCUT2D eigenvalue weighted by atomic mass is 35.5. The minimum absolute atomic E-state index is 0.0210. The van der Waals surface area contributed by atoms with Gasteiger partial charge < -0.3 is 4.74 Å². The molecule has 1 aliphatic rings. The van der Waals surface area contributed by atoms with Gasteiger partial charge in [0, 0.05) is 0 Å². The Labute approximate surface area is 62.6 Å². The molecule has 0 spiro atoms. The van der Waals surface area contributed by atoms with E-state index in [1.807, 2.05) is 0 Å². The average Bonchev–Trinajstić information content (AvgIpc) is 2.63. The smallest absolute Gasteiger partial charge is 0.313 e. The summed E-state index contributed by atoms with van der Waals surface area (Å²) in [6.07, 6.45) is 2.30. The number of rotatable bonds is 2. The lowest BCUT2D eigenvalue weighted by Gasteiger charge is -1.92. The number of esters is 1. The summed E-state index contributed by atoms with van der Waals surface area (Å²) in [5, 5.41) is -1.01. The van der Waals surface area contributed by atoms with Crippen molar-refractivity contribution in [1.82, 2.24) is 0 Å². The van der Waals surface area contributed by atoms with E-state index in [1.54, 1.807) is 0 Å². The molecule has 0 aliphatic heterocycles. The van der Waals surface area contributed by atoms with Gasteiger partial charge in [0.05, 0.1) is 5.92 Å². The first-order valence-electron chi connectivity index (χ1n) is 2.92. The summed E-state index contributed by atoms with van der Waals surface area (Å²) in [4.78, 5) is 10.6. The van der Waals surface area contributed by atoms with Gasteiger partial charge in [-0.2, -0.15) is 4.39 Å². The maximum Gasteiger partial charge on any atom is 0.313 e. The van der Waals surface area contributed by atoms with Crippen LogP contribution in [-0.4, -0.2) is 5.97 Å². The molecule has 2 nitrogen and oxygen atoms in total. The van der Waals surface area contributed by atoms with Crippen LogP contribution in [0.15, 0.2) is 11.5 Å². The number of carbonyl (C=O) groups excluding carboxylic acids is 1. The maximum atomic E-state index is 11.7. The Morgan fingerprint density at radius 1 is 1.70 bits per heavy atom. The lowest BCUT2D eigenvalue weighted by atomic mass is 10.4. The van der Waals surface area contributed by atoms with Crippen molar-refractivity contribution < 1.29 is 13.9 Å². The van der Waals surface area contributed by atoms with E-state index in [2.05, 4.69) is 4.74 Å². The van der Waals surface area contributed by atoms with Crippen LogP contribution in [0.1, 0.15) is 12.8 Å². The van der Waals surface area contributed by atoms with E-state index in [9.17, 15) is 9.18 Å². The predicted molar refractivity (Wildman–Crippen MR) is 33.9 cm³/mol. The topological polar surface area (TPSA) is 26.3 Å². The SMILES string of the molecule is O=C(OC=C(F)Cl)C1CC1. The van der Waals surface area contributed by atoms with Crippen molar-refractivity contribution in [1.29, 1.82) is 0 Å². The van der Waals surface area contributed by atoms with Gasteiger partial charge in [-0.05, 0) is 24.4 Å². The molecule has 10 heavy (non-hydrogen) atoms. The van der Waals surface area contributed by atoms with Crippen molar-refractivity contribution in [3.63, 3.8) is 0 Å². The normalized spacial score (nSPS) is 18.8. The number of halogens is 2. The second-order valence-electron chi connectivity index (χ2n) is 2.12. The zero-order valence-corrected chi connectivity index (χ0v) is 5.90. The second kappa shape index (κ2) is 3.01. The van der Waals surface area contributed by atoms with E-state index in [0.717, 1.165) is 12.8 Å². The minimum atomic E-state index is -1.01. The molecular weight excluding hydrogens is 159 g/mol. The molecule has 0 aromatic rings. The molecule has 1 rings (SSSR count). The van der Waals surface area contributed by atoms with Crippen LogP contribution < -0.4 is 0 Å². The molecule has 56 valence electrons. The Kier molecular flexibility index (Phi) is 2.27. The van der Waals surface area contributed by atoms with Crippen molar-refractivity contribution in [2.24, 2.45) is 5.92 Å². The third-order valence-electron chi connectivity index (χ3n) is 1.17. The highest BCUT2D eigenvalue weighted by molar-refractivity contribution is 6.28. The third kappa shape index (κ3) is 2.35.